The third-order valence-electron chi connectivity index (χ3n) is 8.28. The van der Waals surface area contributed by atoms with Crippen molar-refractivity contribution in [3.8, 4) is 0 Å². The lowest BCUT2D eigenvalue weighted by molar-refractivity contribution is -0.129. The van der Waals surface area contributed by atoms with Crippen LogP contribution in [0.5, 0.6) is 0 Å². The van der Waals surface area contributed by atoms with E-state index in [9.17, 15) is 9.90 Å². The molecule has 0 bridgehead atoms. The fourth-order valence-corrected chi connectivity index (χ4v) is 6.72. The van der Waals surface area contributed by atoms with E-state index in [1.165, 1.54) is 11.1 Å². The summed E-state index contributed by atoms with van der Waals surface area (Å²) in [5.74, 6) is 1.44. The Morgan fingerprint density at radius 1 is 1.30 bits per heavy atom. The molecule has 0 saturated heterocycles. The molecule has 0 aliphatic heterocycles. The van der Waals surface area contributed by atoms with Crippen molar-refractivity contribution >= 4 is 11.5 Å². The molecule has 6 unspecified atom stereocenters. The summed E-state index contributed by atoms with van der Waals surface area (Å²) >= 11 is 0. The highest BCUT2D eigenvalue weighted by atomic mass is 16.3. The molecular weight excluding hydrogens is 336 g/mol. The molecule has 2 saturated carbocycles. The van der Waals surface area contributed by atoms with Gasteiger partial charge < -0.3 is 10.8 Å². The molecule has 4 heteroatoms. The number of carbonyl (C=O) groups is 1. The smallest absolute Gasteiger partial charge is 0.217 e. The number of primary amides is 1. The maximum Gasteiger partial charge on any atom is 0.217 e. The average Bonchev–Trinajstić information content (AvgIpc) is 3.01. The van der Waals surface area contributed by atoms with Crippen LogP contribution < -0.4 is 5.73 Å². The number of rotatable bonds is 4. The van der Waals surface area contributed by atoms with Crippen molar-refractivity contribution in [1.29, 1.82) is 0 Å². The molecule has 4 nitrogen and oxygen atoms in total. The number of aromatic nitrogens is 1. The molecule has 6 atom stereocenters. The van der Waals surface area contributed by atoms with E-state index in [0.29, 0.717) is 30.6 Å². The number of pyridine rings is 1. The highest BCUT2D eigenvalue weighted by molar-refractivity contribution is 5.74. The van der Waals surface area contributed by atoms with Crippen LogP contribution >= 0.6 is 0 Å². The van der Waals surface area contributed by atoms with Gasteiger partial charge >= 0.3 is 0 Å². The predicted octanol–water partition coefficient (Wildman–Crippen LogP) is 3.94. The molecule has 3 aliphatic rings. The zero-order valence-corrected chi connectivity index (χ0v) is 16.5. The van der Waals surface area contributed by atoms with Crippen LogP contribution in [0.25, 0.3) is 5.57 Å². The van der Waals surface area contributed by atoms with E-state index in [1.807, 2.05) is 18.5 Å². The second-order valence-corrected chi connectivity index (χ2v) is 9.49. The molecule has 0 aromatic carbocycles. The molecule has 2 fully saturated rings. The van der Waals surface area contributed by atoms with Gasteiger partial charge in [0.2, 0.25) is 5.91 Å². The van der Waals surface area contributed by atoms with Gasteiger partial charge in [0.05, 0.1) is 6.10 Å². The van der Waals surface area contributed by atoms with Crippen molar-refractivity contribution in [2.45, 2.75) is 64.9 Å². The van der Waals surface area contributed by atoms with Gasteiger partial charge in [0, 0.05) is 18.8 Å². The van der Waals surface area contributed by atoms with E-state index < -0.39 is 0 Å². The molecule has 27 heavy (non-hydrogen) atoms. The molecule has 146 valence electrons. The van der Waals surface area contributed by atoms with Crippen LogP contribution in [-0.4, -0.2) is 22.1 Å². The number of allylic oxidation sites excluding steroid dienone is 2. The maximum atomic E-state index is 11.4. The third kappa shape index (κ3) is 2.93. The van der Waals surface area contributed by atoms with E-state index in [1.54, 1.807) is 0 Å². The fourth-order valence-electron chi connectivity index (χ4n) is 6.72. The molecule has 3 N–H and O–H groups in total. The summed E-state index contributed by atoms with van der Waals surface area (Å²) in [5, 5.41) is 10.8. The van der Waals surface area contributed by atoms with Gasteiger partial charge in [0.15, 0.2) is 0 Å². The summed E-state index contributed by atoms with van der Waals surface area (Å²) in [4.78, 5) is 15.7. The van der Waals surface area contributed by atoms with Crippen molar-refractivity contribution < 1.29 is 9.90 Å². The Morgan fingerprint density at radius 3 is 2.81 bits per heavy atom. The Kier molecular flexibility index (Phi) is 4.66. The molecule has 1 aromatic heterocycles. The Hall–Kier alpha value is -1.68. The Morgan fingerprint density at radius 2 is 2.11 bits per heavy atom. The monoisotopic (exact) mass is 368 g/mol. The summed E-state index contributed by atoms with van der Waals surface area (Å²) in [7, 11) is 0. The van der Waals surface area contributed by atoms with Gasteiger partial charge in [-0.15, -0.1) is 0 Å². The average molecular weight is 369 g/mol. The number of hydrogen-bond donors (Lipinski definition) is 2. The number of hydrogen-bond acceptors (Lipinski definition) is 3. The van der Waals surface area contributed by atoms with Gasteiger partial charge in [0.25, 0.3) is 0 Å². The maximum absolute atomic E-state index is 11.4. The number of amides is 1. The van der Waals surface area contributed by atoms with Crippen LogP contribution in [-0.2, 0) is 4.79 Å². The second kappa shape index (κ2) is 6.73. The van der Waals surface area contributed by atoms with Crippen LogP contribution in [0.3, 0.4) is 0 Å². The van der Waals surface area contributed by atoms with Crippen molar-refractivity contribution in [3.63, 3.8) is 0 Å². The highest BCUT2D eigenvalue weighted by Gasteiger charge is 2.57. The lowest BCUT2D eigenvalue weighted by Crippen LogP contribution is -2.53. The molecule has 1 aromatic rings. The summed E-state index contributed by atoms with van der Waals surface area (Å²) in [6.07, 6.45) is 12.3. The lowest BCUT2D eigenvalue weighted by atomic mass is 9.48. The van der Waals surface area contributed by atoms with Crippen molar-refractivity contribution in [2.24, 2.45) is 34.3 Å². The van der Waals surface area contributed by atoms with E-state index in [-0.39, 0.29) is 22.8 Å². The predicted molar refractivity (Wildman–Crippen MR) is 106 cm³/mol. The van der Waals surface area contributed by atoms with Crippen molar-refractivity contribution in [1.82, 2.24) is 4.98 Å². The molecule has 0 spiro atoms. The second-order valence-electron chi connectivity index (χ2n) is 9.49. The van der Waals surface area contributed by atoms with Gasteiger partial charge in [-0.05, 0) is 84.3 Å². The first kappa shape index (κ1) is 18.7. The first-order valence-electron chi connectivity index (χ1n) is 10.4. The number of aliphatic hydroxyl groups is 1. The summed E-state index contributed by atoms with van der Waals surface area (Å²) in [6, 6.07) is 4.20. The number of nitrogens with two attached hydrogens (primary N) is 1. The van der Waals surface area contributed by atoms with E-state index in [2.05, 4.69) is 31.0 Å². The molecule has 1 amide bonds. The standard InChI is InChI=1S/C23H32N2O2/c1-22-11-9-19-16(5-8-20(26)23(19,2)12-10-21(24)27)18(22)7-6-17(22)15-4-3-13-25-14-15/h3-4,6,13-14,16,18-20,26H,5,7-12H2,1-2H3,(H2,24,27). The third-order valence-corrected chi connectivity index (χ3v) is 8.28. The largest absolute Gasteiger partial charge is 0.393 e. The topological polar surface area (TPSA) is 76.2 Å². The van der Waals surface area contributed by atoms with Crippen molar-refractivity contribution in [2.75, 3.05) is 0 Å². The minimum atomic E-state index is -0.324. The van der Waals surface area contributed by atoms with Gasteiger partial charge in [-0.3, -0.25) is 9.78 Å². The fraction of sp³-hybridized carbons (Fsp3) is 0.652. The van der Waals surface area contributed by atoms with Crippen LogP contribution in [0, 0.1) is 28.6 Å². The zero-order valence-electron chi connectivity index (χ0n) is 16.5. The van der Waals surface area contributed by atoms with Crippen LogP contribution in [0.2, 0.25) is 0 Å². The van der Waals surface area contributed by atoms with Gasteiger partial charge in [0.1, 0.15) is 0 Å². The molecule has 4 rings (SSSR count). The quantitative estimate of drug-likeness (QED) is 0.845. The van der Waals surface area contributed by atoms with Gasteiger partial charge in [-0.1, -0.05) is 26.0 Å². The van der Waals surface area contributed by atoms with Crippen LogP contribution in [0.15, 0.2) is 30.6 Å². The van der Waals surface area contributed by atoms with Crippen LogP contribution in [0.1, 0.15) is 64.4 Å². The number of aliphatic hydroxyl groups excluding tert-OH is 1. The summed E-state index contributed by atoms with van der Waals surface area (Å²) in [5.41, 5.74) is 8.15. The molecule has 1 heterocycles. The Balaban J connectivity index is 1.61. The van der Waals surface area contributed by atoms with Crippen LogP contribution in [0.4, 0.5) is 0 Å². The van der Waals surface area contributed by atoms with E-state index in [4.69, 9.17) is 5.73 Å². The SMILES string of the molecule is CC12CCC3C(CCC(O)C3(C)CCC(N)=O)C1CC=C2c1cccnc1. The van der Waals surface area contributed by atoms with Gasteiger partial charge in [-0.2, -0.15) is 0 Å². The molecular formula is C23H32N2O2. The zero-order chi connectivity index (χ0) is 19.2. The number of fused-ring (bicyclic) bond motifs is 3. The number of carbonyl (C=O) groups excluding carboxylic acids is 1. The minimum Gasteiger partial charge on any atom is -0.393 e. The number of nitrogens with zero attached hydrogens (tertiary/aromatic N) is 1. The normalized spacial score (nSPS) is 40.8. The molecule has 0 radical (unpaired) electrons. The molecule has 3 aliphatic carbocycles. The van der Waals surface area contributed by atoms with Crippen molar-refractivity contribution in [3.05, 3.63) is 36.2 Å². The first-order chi connectivity index (χ1) is 12.9. The summed E-state index contributed by atoms with van der Waals surface area (Å²) in [6.45, 7) is 4.63. The minimum absolute atomic E-state index is 0.192. The summed E-state index contributed by atoms with van der Waals surface area (Å²) < 4.78 is 0. The van der Waals surface area contributed by atoms with E-state index in [0.717, 1.165) is 32.1 Å². The highest BCUT2D eigenvalue weighted by Crippen LogP contribution is 2.65. The Bertz CT molecular complexity index is 746. The van der Waals surface area contributed by atoms with Gasteiger partial charge in [-0.25, -0.2) is 0 Å². The van der Waals surface area contributed by atoms with E-state index >= 15 is 0 Å². The lowest BCUT2D eigenvalue weighted by Gasteiger charge is -2.57. The first-order valence-corrected chi connectivity index (χ1v) is 10.4. The Labute approximate surface area is 162 Å².